The summed E-state index contributed by atoms with van der Waals surface area (Å²) < 4.78 is 16.0. The summed E-state index contributed by atoms with van der Waals surface area (Å²) >= 11 is 0. The van der Waals surface area contributed by atoms with E-state index >= 15 is 0 Å². The molecule has 2 heterocycles. The number of piperidine rings is 1. The number of carbonyl (C=O) groups excluding carboxylic acids is 1. The molecular weight excluding hydrogens is 343 g/mol. The number of carbonyl (C=O) groups is 1. The first kappa shape index (κ1) is 19.5. The molecule has 5 nitrogen and oxygen atoms in total. The molecule has 1 aromatic carbocycles. The predicted molar refractivity (Wildman–Crippen MR) is 104 cm³/mol. The molecule has 1 atom stereocenters. The Bertz CT molecular complexity index is 760. The van der Waals surface area contributed by atoms with Crippen LogP contribution in [0.3, 0.4) is 0 Å². The first-order valence-electron chi connectivity index (χ1n) is 9.73. The maximum atomic E-state index is 13.8. The molecule has 1 saturated heterocycles. The summed E-state index contributed by atoms with van der Waals surface area (Å²) in [6.07, 6.45) is 8.03. The quantitative estimate of drug-likeness (QED) is 0.749. The van der Waals surface area contributed by atoms with Crippen LogP contribution in [0.4, 0.5) is 4.39 Å². The zero-order valence-corrected chi connectivity index (χ0v) is 16.3. The molecular formula is C21H29FN4O. The molecule has 0 bridgehead atoms. The van der Waals surface area contributed by atoms with Crippen LogP contribution in [-0.4, -0.2) is 51.4 Å². The molecule has 0 radical (unpaired) electrons. The van der Waals surface area contributed by atoms with Crippen LogP contribution in [0.5, 0.6) is 0 Å². The maximum absolute atomic E-state index is 13.8. The molecule has 146 valence electrons. The van der Waals surface area contributed by atoms with Gasteiger partial charge in [0.15, 0.2) is 0 Å². The second kappa shape index (κ2) is 9.13. The van der Waals surface area contributed by atoms with Crippen LogP contribution in [0.25, 0.3) is 0 Å². The second-order valence-corrected chi connectivity index (χ2v) is 7.46. The Morgan fingerprint density at radius 2 is 2.15 bits per heavy atom. The van der Waals surface area contributed by atoms with E-state index in [2.05, 4.69) is 9.55 Å². The lowest BCUT2D eigenvalue weighted by molar-refractivity contribution is -0.136. The highest BCUT2D eigenvalue weighted by atomic mass is 19.1. The largest absolute Gasteiger partial charge is 0.339 e. The van der Waals surface area contributed by atoms with Gasteiger partial charge in [-0.1, -0.05) is 18.2 Å². The lowest BCUT2D eigenvalue weighted by Gasteiger charge is -2.37. The molecule has 0 N–H and O–H groups in total. The second-order valence-electron chi connectivity index (χ2n) is 7.46. The first-order valence-corrected chi connectivity index (χ1v) is 9.73. The van der Waals surface area contributed by atoms with E-state index in [1.807, 2.05) is 42.2 Å². The van der Waals surface area contributed by atoms with E-state index in [1.54, 1.807) is 12.1 Å². The molecule has 6 heteroatoms. The van der Waals surface area contributed by atoms with Crippen LogP contribution in [0.1, 0.15) is 37.1 Å². The van der Waals surface area contributed by atoms with Crippen LogP contribution in [-0.2, 0) is 17.9 Å². The van der Waals surface area contributed by atoms with Crippen molar-refractivity contribution in [3.8, 4) is 0 Å². The minimum Gasteiger partial charge on any atom is -0.339 e. The Kier molecular flexibility index (Phi) is 6.61. The zero-order valence-electron chi connectivity index (χ0n) is 16.3. The van der Waals surface area contributed by atoms with Gasteiger partial charge in [-0.2, -0.15) is 0 Å². The molecule has 1 amide bonds. The molecule has 1 aliphatic rings. The number of nitrogens with zero attached hydrogens (tertiary/aromatic N) is 4. The maximum Gasteiger partial charge on any atom is 0.236 e. The van der Waals surface area contributed by atoms with Gasteiger partial charge < -0.3 is 9.47 Å². The lowest BCUT2D eigenvalue weighted by atomic mass is 9.99. The standard InChI is InChI=1S/C21H29FN4O/c1-17-23-11-14-25(17)13-10-19-8-5-6-12-26(19)21(27)16-24(2)15-18-7-3-4-9-20(18)22/h3-4,7,9,11,14,19H,5-6,8,10,12-13,15-16H2,1-2H3/t19-/m0/s1. The van der Waals surface area contributed by atoms with Gasteiger partial charge in [0.25, 0.3) is 0 Å². The van der Waals surface area contributed by atoms with E-state index in [1.165, 1.54) is 12.5 Å². The van der Waals surface area contributed by atoms with E-state index < -0.39 is 0 Å². The van der Waals surface area contributed by atoms with Crippen LogP contribution in [0.15, 0.2) is 36.7 Å². The summed E-state index contributed by atoms with van der Waals surface area (Å²) in [5.41, 5.74) is 0.624. The minimum absolute atomic E-state index is 0.140. The molecule has 1 aliphatic heterocycles. The Hall–Kier alpha value is -2.21. The smallest absolute Gasteiger partial charge is 0.236 e. The van der Waals surface area contributed by atoms with Gasteiger partial charge in [-0.25, -0.2) is 9.37 Å². The van der Waals surface area contributed by atoms with Gasteiger partial charge in [-0.05, 0) is 45.7 Å². The fourth-order valence-corrected chi connectivity index (χ4v) is 3.85. The highest BCUT2D eigenvalue weighted by Gasteiger charge is 2.27. The summed E-state index contributed by atoms with van der Waals surface area (Å²) in [6.45, 7) is 4.45. The third-order valence-corrected chi connectivity index (χ3v) is 5.38. The van der Waals surface area contributed by atoms with E-state index in [4.69, 9.17) is 0 Å². The normalized spacial score (nSPS) is 17.5. The SMILES string of the molecule is Cc1nccn1CC[C@@H]1CCCCN1C(=O)CN(C)Cc1ccccc1F. The van der Waals surface area contributed by atoms with Gasteiger partial charge in [-0.15, -0.1) is 0 Å². The van der Waals surface area contributed by atoms with Crippen LogP contribution in [0, 0.1) is 12.7 Å². The molecule has 0 saturated carbocycles. The van der Waals surface area contributed by atoms with Crippen molar-refractivity contribution in [2.24, 2.45) is 0 Å². The topological polar surface area (TPSA) is 41.4 Å². The van der Waals surface area contributed by atoms with Gasteiger partial charge in [0, 0.05) is 43.6 Å². The number of aromatic nitrogens is 2. The number of likely N-dealkylation sites (tertiary alicyclic amines) is 1. The van der Waals surface area contributed by atoms with Crippen molar-refractivity contribution in [1.29, 1.82) is 0 Å². The number of imidazole rings is 1. The van der Waals surface area contributed by atoms with Crippen molar-refractivity contribution < 1.29 is 9.18 Å². The zero-order chi connectivity index (χ0) is 19.2. The molecule has 1 fully saturated rings. The van der Waals surface area contributed by atoms with Crippen LogP contribution < -0.4 is 0 Å². The minimum atomic E-state index is -0.219. The molecule has 0 unspecified atom stereocenters. The van der Waals surface area contributed by atoms with Gasteiger partial charge in [-0.3, -0.25) is 9.69 Å². The van der Waals surface area contributed by atoms with Crippen molar-refractivity contribution in [3.05, 3.63) is 53.9 Å². The number of rotatable bonds is 7. The fourth-order valence-electron chi connectivity index (χ4n) is 3.85. The average Bonchev–Trinajstić information content (AvgIpc) is 3.07. The van der Waals surface area contributed by atoms with E-state index in [0.717, 1.165) is 38.2 Å². The molecule has 3 rings (SSSR count). The molecule has 1 aromatic heterocycles. The highest BCUT2D eigenvalue weighted by molar-refractivity contribution is 5.78. The number of halogens is 1. The van der Waals surface area contributed by atoms with Crippen molar-refractivity contribution in [2.45, 2.75) is 51.7 Å². The Morgan fingerprint density at radius 1 is 1.33 bits per heavy atom. The highest BCUT2D eigenvalue weighted by Crippen LogP contribution is 2.21. The summed E-state index contributed by atoms with van der Waals surface area (Å²) in [7, 11) is 1.87. The predicted octanol–water partition coefficient (Wildman–Crippen LogP) is 3.23. The van der Waals surface area contributed by atoms with Gasteiger partial charge >= 0.3 is 0 Å². The summed E-state index contributed by atoms with van der Waals surface area (Å²) in [6, 6.07) is 7.02. The van der Waals surface area contributed by atoms with Crippen LogP contribution in [0.2, 0.25) is 0 Å². The molecule has 0 aliphatic carbocycles. The first-order chi connectivity index (χ1) is 13.0. The Balaban J connectivity index is 1.56. The fraction of sp³-hybridized carbons (Fsp3) is 0.524. The number of hydrogen-bond acceptors (Lipinski definition) is 3. The molecule has 2 aromatic rings. The Morgan fingerprint density at radius 3 is 2.89 bits per heavy atom. The summed E-state index contributed by atoms with van der Waals surface area (Å²) in [5.74, 6) is 0.928. The van der Waals surface area contributed by atoms with E-state index in [0.29, 0.717) is 18.7 Å². The van der Waals surface area contributed by atoms with Gasteiger partial charge in [0.1, 0.15) is 11.6 Å². The number of aryl methyl sites for hydroxylation is 2. The number of benzene rings is 1. The summed E-state index contributed by atoms with van der Waals surface area (Å²) in [4.78, 5) is 21.1. The lowest BCUT2D eigenvalue weighted by Crippen LogP contribution is -2.47. The Labute approximate surface area is 160 Å². The van der Waals surface area contributed by atoms with Crippen molar-refractivity contribution in [1.82, 2.24) is 19.4 Å². The van der Waals surface area contributed by atoms with Crippen molar-refractivity contribution in [3.63, 3.8) is 0 Å². The number of likely N-dealkylation sites (N-methyl/N-ethyl adjacent to an activating group) is 1. The molecule has 0 spiro atoms. The molecule has 27 heavy (non-hydrogen) atoms. The summed E-state index contributed by atoms with van der Waals surface area (Å²) in [5, 5.41) is 0. The van der Waals surface area contributed by atoms with Crippen molar-refractivity contribution in [2.75, 3.05) is 20.1 Å². The van der Waals surface area contributed by atoms with Crippen LogP contribution >= 0.6 is 0 Å². The van der Waals surface area contributed by atoms with E-state index in [9.17, 15) is 9.18 Å². The third-order valence-electron chi connectivity index (χ3n) is 5.38. The van der Waals surface area contributed by atoms with E-state index in [-0.39, 0.29) is 17.8 Å². The monoisotopic (exact) mass is 372 g/mol. The average molecular weight is 372 g/mol. The van der Waals surface area contributed by atoms with Crippen molar-refractivity contribution >= 4 is 5.91 Å². The van der Waals surface area contributed by atoms with Gasteiger partial charge in [0.05, 0.1) is 6.54 Å². The number of amides is 1. The number of hydrogen-bond donors (Lipinski definition) is 0. The third kappa shape index (κ3) is 5.16. The van der Waals surface area contributed by atoms with Gasteiger partial charge in [0.2, 0.25) is 5.91 Å².